The van der Waals surface area contributed by atoms with Gasteiger partial charge in [-0.3, -0.25) is 4.79 Å². The highest BCUT2D eigenvalue weighted by Gasteiger charge is 2.42. The predicted molar refractivity (Wildman–Crippen MR) is 65.0 cm³/mol. The lowest BCUT2D eigenvalue weighted by Gasteiger charge is -2.34. The van der Waals surface area contributed by atoms with Gasteiger partial charge in [0.25, 0.3) is 0 Å². The summed E-state index contributed by atoms with van der Waals surface area (Å²) in [6.07, 6.45) is 0.853. The fraction of sp³-hybridized carbons (Fsp3) is 0.417. The van der Waals surface area contributed by atoms with Gasteiger partial charge < -0.3 is 10.5 Å². The molecular formula is C12H13BrFNO2. The third kappa shape index (κ3) is 2.09. The fourth-order valence-corrected chi connectivity index (χ4v) is 2.61. The molecule has 1 heterocycles. The zero-order valence-corrected chi connectivity index (χ0v) is 10.8. The van der Waals surface area contributed by atoms with E-state index in [4.69, 9.17) is 10.5 Å². The Morgan fingerprint density at radius 1 is 1.41 bits per heavy atom. The molecule has 1 saturated heterocycles. The number of benzene rings is 1. The van der Waals surface area contributed by atoms with Crippen molar-refractivity contribution in [2.75, 3.05) is 13.2 Å². The number of amides is 1. The van der Waals surface area contributed by atoms with Crippen LogP contribution in [-0.2, 0) is 14.9 Å². The normalized spacial score (nSPS) is 18.9. The van der Waals surface area contributed by atoms with Gasteiger partial charge in [-0.25, -0.2) is 4.39 Å². The van der Waals surface area contributed by atoms with Gasteiger partial charge in [0.15, 0.2) is 0 Å². The Balaban J connectivity index is 2.53. The first-order valence-electron chi connectivity index (χ1n) is 5.40. The fourth-order valence-electron chi connectivity index (χ4n) is 2.24. The minimum Gasteiger partial charge on any atom is -0.381 e. The first-order chi connectivity index (χ1) is 8.08. The number of rotatable bonds is 2. The van der Waals surface area contributed by atoms with E-state index in [1.807, 2.05) is 0 Å². The maximum absolute atomic E-state index is 14.1. The summed E-state index contributed by atoms with van der Waals surface area (Å²) in [6.45, 7) is 0.851. The standard InChI is InChI=1S/C12H13BrFNO2/c13-9-3-1-2-8(10(9)14)12(11(15)16)4-6-17-7-5-12/h1-3H,4-7H2,(H2,15,16). The molecule has 0 spiro atoms. The number of carbonyl (C=O) groups is 1. The molecule has 0 unspecified atom stereocenters. The molecule has 2 rings (SSSR count). The van der Waals surface area contributed by atoms with Gasteiger partial charge in [-0.05, 0) is 34.8 Å². The van der Waals surface area contributed by atoms with E-state index in [1.54, 1.807) is 18.2 Å². The molecule has 0 bridgehead atoms. The van der Waals surface area contributed by atoms with Crippen LogP contribution in [0.5, 0.6) is 0 Å². The Labute approximate surface area is 107 Å². The zero-order chi connectivity index (χ0) is 12.5. The van der Waals surface area contributed by atoms with Gasteiger partial charge in [-0.15, -0.1) is 0 Å². The van der Waals surface area contributed by atoms with Crippen molar-refractivity contribution in [1.82, 2.24) is 0 Å². The maximum atomic E-state index is 14.1. The van der Waals surface area contributed by atoms with E-state index in [0.29, 0.717) is 36.1 Å². The topological polar surface area (TPSA) is 52.3 Å². The van der Waals surface area contributed by atoms with E-state index in [1.165, 1.54) is 0 Å². The average molecular weight is 302 g/mol. The van der Waals surface area contributed by atoms with E-state index >= 15 is 0 Å². The van der Waals surface area contributed by atoms with Crippen molar-refractivity contribution in [2.45, 2.75) is 18.3 Å². The summed E-state index contributed by atoms with van der Waals surface area (Å²) in [7, 11) is 0. The van der Waals surface area contributed by atoms with Crippen molar-refractivity contribution >= 4 is 21.8 Å². The lowest BCUT2D eigenvalue weighted by Crippen LogP contribution is -2.46. The second-order valence-electron chi connectivity index (χ2n) is 4.16. The van der Waals surface area contributed by atoms with Crippen LogP contribution in [0.25, 0.3) is 0 Å². The second kappa shape index (κ2) is 4.74. The lowest BCUT2D eigenvalue weighted by atomic mass is 9.73. The Kier molecular flexibility index (Phi) is 3.49. The molecule has 1 fully saturated rings. The Bertz CT molecular complexity index is 444. The van der Waals surface area contributed by atoms with Gasteiger partial charge in [-0.1, -0.05) is 12.1 Å². The molecule has 0 aromatic heterocycles. The first kappa shape index (κ1) is 12.5. The molecule has 0 atom stereocenters. The summed E-state index contributed by atoms with van der Waals surface area (Å²) in [4.78, 5) is 11.7. The molecule has 17 heavy (non-hydrogen) atoms. The highest BCUT2D eigenvalue weighted by molar-refractivity contribution is 9.10. The van der Waals surface area contributed by atoms with E-state index in [9.17, 15) is 9.18 Å². The minimum absolute atomic E-state index is 0.349. The second-order valence-corrected chi connectivity index (χ2v) is 5.01. The van der Waals surface area contributed by atoms with Gasteiger partial charge in [0.05, 0.1) is 9.89 Å². The van der Waals surface area contributed by atoms with Gasteiger partial charge >= 0.3 is 0 Å². The van der Waals surface area contributed by atoms with Crippen LogP contribution in [0.2, 0.25) is 0 Å². The van der Waals surface area contributed by atoms with Crippen molar-refractivity contribution in [1.29, 1.82) is 0 Å². The van der Waals surface area contributed by atoms with Crippen molar-refractivity contribution in [3.63, 3.8) is 0 Å². The third-order valence-electron chi connectivity index (χ3n) is 3.29. The van der Waals surface area contributed by atoms with Crippen LogP contribution >= 0.6 is 15.9 Å². The number of carbonyl (C=O) groups excluding carboxylic acids is 1. The molecule has 1 aliphatic heterocycles. The third-order valence-corrected chi connectivity index (χ3v) is 3.90. The highest BCUT2D eigenvalue weighted by Crippen LogP contribution is 2.37. The largest absolute Gasteiger partial charge is 0.381 e. The van der Waals surface area contributed by atoms with E-state index in [2.05, 4.69) is 15.9 Å². The number of ether oxygens (including phenoxy) is 1. The molecule has 0 radical (unpaired) electrons. The number of nitrogens with two attached hydrogens (primary N) is 1. The zero-order valence-electron chi connectivity index (χ0n) is 9.21. The Morgan fingerprint density at radius 2 is 2.06 bits per heavy atom. The van der Waals surface area contributed by atoms with Crippen LogP contribution in [0.15, 0.2) is 22.7 Å². The van der Waals surface area contributed by atoms with Crippen LogP contribution in [0, 0.1) is 5.82 Å². The van der Waals surface area contributed by atoms with Crippen LogP contribution < -0.4 is 5.73 Å². The lowest BCUT2D eigenvalue weighted by molar-refractivity contribution is -0.127. The molecular weight excluding hydrogens is 289 g/mol. The summed E-state index contributed by atoms with van der Waals surface area (Å²) < 4.78 is 19.7. The monoisotopic (exact) mass is 301 g/mol. The summed E-state index contributed by atoms with van der Waals surface area (Å²) >= 11 is 3.13. The minimum atomic E-state index is -0.938. The molecule has 0 aliphatic carbocycles. The molecule has 3 nitrogen and oxygen atoms in total. The molecule has 5 heteroatoms. The Morgan fingerprint density at radius 3 is 2.65 bits per heavy atom. The molecule has 1 aromatic rings. The number of halogens is 2. The van der Waals surface area contributed by atoms with Crippen LogP contribution in [0.3, 0.4) is 0 Å². The summed E-state index contributed by atoms with van der Waals surface area (Å²) in [5.74, 6) is -0.897. The van der Waals surface area contributed by atoms with E-state index in [0.717, 1.165) is 0 Å². The molecule has 92 valence electrons. The number of hydrogen-bond donors (Lipinski definition) is 1. The molecule has 1 aliphatic rings. The van der Waals surface area contributed by atoms with Crippen molar-refractivity contribution in [2.24, 2.45) is 5.73 Å². The van der Waals surface area contributed by atoms with Gasteiger partial charge in [-0.2, -0.15) is 0 Å². The maximum Gasteiger partial charge on any atom is 0.228 e. The molecule has 0 saturated carbocycles. The van der Waals surface area contributed by atoms with Crippen molar-refractivity contribution in [3.8, 4) is 0 Å². The van der Waals surface area contributed by atoms with Gasteiger partial charge in [0.2, 0.25) is 5.91 Å². The van der Waals surface area contributed by atoms with E-state index < -0.39 is 17.1 Å². The molecule has 1 amide bonds. The van der Waals surface area contributed by atoms with E-state index in [-0.39, 0.29) is 0 Å². The molecule has 2 N–H and O–H groups in total. The summed E-state index contributed by atoms with van der Waals surface area (Å²) in [6, 6.07) is 4.94. The predicted octanol–water partition coefficient (Wildman–Crippen LogP) is 2.12. The summed E-state index contributed by atoms with van der Waals surface area (Å²) in [5, 5.41) is 0. The number of hydrogen-bond acceptors (Lipinski definition) is 2. The average Bonchev–Trinajstić information content (AvgIpc) is 2.33. The quantitative estimate of drug-likeness (QED) is 0.910. The van der Waals surface area contributed by atoms with Crippen LogP contribution in [0.1, 0.15) is 18.4 Å². The van der Waals surface area contributed by atoms with Crippen molar-refractivity contribution < 1.29 is 13.9 Å². The van der Waals surface area contributed by atoms with Crippen molar-refractivity contribution in [3.05, 3.63) is 34.1 Å². The van der Waals surface area contributed by atoms with Crippen LogP contribution in [0.4, 0.5) is 4.39 Å². The number of primary amides is 1. The summed E-state index contributed by atoms with van der Waals surface area (Å²) in [5.41, 5.74) is 4.90. The Hall–Kier alpha value is -0.940. The van der Waals surface area contributed by atoms with Gasteiger partial charge in [0.1, 0.15) is 5.82 Å². The highest BCUT2D eigenvalue weighted by atomic mass is 79.9. The van der Waals surface area contributed by atoms with Gasteiger partial charge in [0, 0.05) is 18.8 Å². The van der Waals surface area contributed by atoms with Crippen LogP contribution in [-0.4, -0.2) is 19.1 Å². The SMILES string of the molecule is NC(=O)C1(c2cccc(Br)c2F)CCOCC1. The molecule has 1 aromatic carbocycles. The smallest absolute Gasteiger partial charge is 0.228 e. The first-order valence-corrected chi connectivity index (χ1v) is 6.19.